The van der Waals surface area contributed by atoms with Gasteiger partial charge in [0.05, 0.1) is 6.54 Å². The van der Waals surface area contributed by atoms with Gasteiger partial charge in [-0.3, -0.25) is 9.59 Å². The topological polar surface area (TPSA) is 75.4 Å². The average molecular weight is 297 g/mol. The second kappa shape index (κ2) is 7.26. The third-order valence-electron chi connectivity index (χ3n) is 3.26. The van der Waals surface area contributed by atoms with Gasteiger partial charge in [-0.15, -0.1) is 0 Å². The summed E-state index contributed by atoms with van der Waals surface area (Å²) in [5, 5.41) is 2.61. The Bertz CT molecular complexity index is 639. The van der Waals surface area contributed by atoms with Crippen LogP contribution in [-0.4, -0.2) is 30.3 Å². The molecule has 0 saturated carbocycles. The molecule has 0 unspecified atom stereocenters. The molecule has 2 aromatic carbocycles. The molecule has 3 N–H and O–H groups in total. The first kappa shape index (κ1) is 15.6. The molecule has 0 aliphatic carbocycles. The highest BCUT2D eigenvalue weighted by molar-refractivity contribution is 5.96. The number of hydrogen-bond acceptors (Lipinski definition) is 3. The quantitative estimate of drug-likeness (QED) is 0.824. The van der Waals surface area contributed by atoms with Crippen molar-refractivity contribution in [3.8, 4) is 0 Å². The summed E-state index contributed by atoms with van der Waals surface area (Å²) >= 11 is 0. The number of amides is 2. The summed E-state index contributed by atoms with van der Waals surface area (Å²) in [5.74, 6) is -0.436. The van der Waals surface area contributed by atoms with Crippen molar-refractivity contribution in [2.24, 2.45) is 0 Å². The summed E-state index contributed by atoms with van der Waals surface area (Å²) in [7, 11) is 1.71. The molecule has 0 heterocycles. The first-order chi connectivity index (χ1) is 10.6. The second-order valence-corrected chi connectivity index (χ2v) is 5.04. The van der Waals surface area contributed by atoms with E-state index in [4.69, 9.17) is 5.73 Å². The summed E-state index contributed by atoms with van der Waals surface area (Å²) in [5.41, 5.74) is 7.69. The zero-order valence-electron chi connectivity index (χ0n) is 12.5. The molecule has 0 aromatic heterocycles. The Balaban J connectivity index is 1.84. The van der Waals surface area contributed by atoms with E-state index < -0.39 is 0 Å². The van der Waals surface area contributed by atoms with Crippen LogP contribution in [0.15, 0.2) is 54.6 Å². The molecule has 22 heavy (non-hydrogen) atoms. The summed E-state index contributed by atoms with van der Waals surface area (Å²) in [6, 6.07) is 16.3. The molecule has 5 nitrogen and oxygen atoms in total. The molecule has 2 rings (SSSR count). The molecule has 0 radical (unpaired) electrons. The molecule has 0 saturated heterocycles. The predicted molar refractivity (Wildman–Crippen MR) is 86.1 cm³/mol. The lowest BCUT2D eigenvalue weighted by Crippen LogP contribution is -2.37. The smallest absolute Gasteiger partial charge is 0.251 e. The van der Waals surface area contributed by atoms with Crippen LogP contribution in [0.4, 0.5) is 5.69 Å². The van der Waals surface area contributed by atoms with Gasteiger partial charge in [-0.25, -0.2) is 0 Å². The fraction of sp³-hybridized carbons (Fsp3) is 0.176. The monoisotopic (exact) mass is 297 g/mol. The predicted octanol–water partition coefficient (Wildman–Crippen LogP) is 1.66. The van der Waals surface area contributed by atoms with Crippen molar-refractivity contribution in [1.82, 2.24) is 10.2 Å². The fourth-order valence-corrected chi connectivity index (χ4v) is 1.97. The molecule has 2 aromatic rings. The van der Waals surface area contributed by atoms with Crippen LogP contribution in [0.25, 0.3) is 0 Å². The highest BCUT2D eigenvalue weighted by Gasteiger charge is 2.11. The Kier molecular flexibility index (Phi) is 5.14. The first-order valence-corrected chi connectivity index (χ1v) is 6.98. The van der Waals surface area contributed by atoms with E-state index in [9.17, 15) is 9.59 Å². The van der Waals surface area contributed by atoms with E-state index in [0.29, 0.717) is 17.8 Å². The fourth-order valence-electron chi connectivity index (χ4n) is 1.97. The Labute approximate surface area is 129 Å². The number of nitrogen functional groups attached to an aromatic ring is 1. The Hall–Kier alpha value is -2.82. The van der Waals surface area contributed by atoms with E-state index in [1.807, 2.05) is 30.3 Å². The summed E-state index contributed by atoms with van der Waals surface area (Å²) in [6.07, 6.45) is 0. The number of likely N-dealkylation sites (N-methyl/N-ethyl adjacent to an activating group) is 1. The number of rotatable bonds is 5. The highest BCUT2D eigenvalue weighted by atomic mass is 16.2. The van der Waals surface area contributed by atoms with Crippen LogP contribution >= 0.6 is 0 Å². The minimum atomic E-state index is -0.290. The van der Waals surface area contributed by atoms with Crippen molar-refractivity contribution in [2.45, 2.75) is 6.54 Å². The van der Waals surface area contributed by atoms with Gasteiger partial charge in [0.2, 0.25) is 5.91 Å². The molecule has 0 fully saturated rings. The second-order valence-electron chi connectivity index (χ2n) is 5.04. The van der Waals surface area contributed by atoms with Gasteiger partial charge in [0.25, 0.3) is 5.91 Å². The van der Waals surface area contributed by atoms with Crippen LogP contribution in [0.3, 0.4) is 0 Å². The van der Waals surface area contributed by atoms with Crippen LogP contribution in [0.5, 0.6) is 0 Å². The molecule has 114 valence electrons. The average Bonchev–Trinajstić information content (AvgIpc) is 2.53. The maximum absolute atomic E-state index is 12.0. The molecule has 0 aliphatic rings. The van der Waals surface area contributed by atoms with E-state index >= 15 is 0 Å². The SMILES string of the molecule is CN(Cc1ccccc1)C(=O)CNC(=O)c1ccc(N)cc1. The molecule has 2 amide bonds. The van der Waals surface area contributed by atoms with E-state index in [-0.39, 0.29) is 18.4 Å². The van der Waals surface area contributed by atoms with Crippen LogP contribution in [0.1, 0.15) is 15.9 Å². The molecular formula is C17H19N3O2. The van der Waals surface area contributed by atoms with Gasteiger partial charge in [0.15, 0.2) is 0 Å². The molecule has 0 atom stereocenters. The van der Waals surface area contributed by atoms with Gasteiger partial charge in [0, 0.05) is 24.8 Å². The van der Waals surface area contributed by atoms with Gasteiger partial charge in [0.1, 0.15) is 0 Å². The summed E-state index contributed by atoms with van der Waals surface area (Å²) in [4.78, 5) is 25.5. The molecular weight excluding hydrogens is 278 g/mol. The Morgan fingerprint density at radius 2 is 1.68 bits per heavy atom. The van der Waals surface area contributed by atoms with E-state index in [1.54, 1.807) is 36.2 Å². The first-order valence-electron chi connectivity index (χ1n) is 6.98. The van der Waals surface area contributed by atoms with Gasteiger partial charge in [-0.2, -0.15) is 0 Å². The van der Waals surface area contributed by atoms with Gasteiger partial charge in [-0.05, 0) is 29.8 Å². The maximum Gasteiger partial charge on any atom is 0.251 e. The van der Waals surface area contributed by atoms with Gasteiger partial charge in [-0.1, -0.05) is 30.3 Å². The van der Waals surface area contributed by atoms with E-state index in [2.05, 4.69) is 5.32 Å². The van der Waals surface area contributed by atoms with Crippen LogP contribution in [0.2, 0.25) is 0 Å². The van der Waals surface area contributed by atoms with Crippen molar-refractivity contribution < 1.29 is 9.59 Å². The zero-order chi connectivity index (χ0) is 15.9. The minimum Gasteiger partial charge on any atom is -0.399 e. The van der Waals surface area contributed by atoms with Crippen molar-refractivity contribution >= 4 is 17.5 Å². The highest BCUT2D eigenvalue weighted by Crippen LogP contribution is 2.05. The molecule has 0 bridgehead atoms. The lowest BCUT2D eigenvalue weighted by Gasteiger charge is -2.17. The number of benzene rings is 2. The van der Waals surface area contributed by atoms with Gasteiger partial charge >= 0.3 is 0 Å². The number of nitrogens with zero attached hydrogens (tertiary/aromatic N) is 1. The zero-order valence-corrected chi connectivity index (χ0v) is 12.5. The maximum atomic E-state index is 12.0. The van der Waals surface area contributed by atoms with E-state index in [0.717, 1.165) is 5.56 Å². The lowest BCUT2D eigenvalue weighted by atomic mass is 10.2. The number of nitrogens with two attached hydrogens (primary N) is 1. The molecule has 0 aliphatic heterocycles. The van der Waals surface area contributed by atoms with Crippen molar-refractivity contribution in [3.63, 3.8) is 0 Å². The van der Waals surface area contributed by atoms with Crippen LogP contribution < -0.4 is 11.1 Å². The van der Waals surface area contributed by atoms with Crippen molar-refractivity contribution in [3.05, 3.63) is 65.7 Å². The standard InChI is InChI=1S/C17H19N3O2/c1-20(12-13-5-3-2-4-6-13)16(21)11-19-17(22)14-7-9-15(18)10-8-14/h2-10H,11-12,18H2,1H3,(H,19,22). The van der Waals surface area contributed by atoms with Crippen molar-refractivity contribution in [1.29, 1.82) is 0 Å². The number of nitrogens with one attached hydrogen (secondary N) is 1. The van der Waals surface area contributed by atoms with Crippen LogP contribution in [0, 0.1) is 0 Å². The number of anilines is 1. The Morgan fingerprint density at radius 1 is 1.05 bits per heavy atom. The summed E-state index contributed by atoms with van der Waals surface area (Å²) < 4.78 is 0. The van der Waals surface area contributed by atoms with Crippen LogP contribution in [-0.2, 0) is 11.3 Å². The van der Waals surface area contributed by atoms with E-state index in [1.165, 1.54) is 0 Å². The normalized spacial score (nSPS) is 10.0. The van der Waals surface area contributed by atoms with Crippen molar-refractivity contribution in [2.75, 3.05) is 19.3 Å². The third-order valence-corrected chi connectivity index (χ3v) is 3.26. The third kappa shape index (κ3) is 4.34. The molecule has 0 spiro atoms. The number of carbonyl (C=O) groups is 2. The summed E-state index contributed by atoms with van der Waals surface area (Å²) in [6.45, 7) is 0.476. The Morgan fingerprint density at radius 3 is 2.32 bits per heavy atom. The minimum absolute atomic E-state index is 0.0352. The lowest BCUT2D eigenvalue weighted by molar-refractivity contribution is -0.129. The largest absolute Gasteiger partial charge is 0.399 e. The number of carbonyl (C=O) groups excluding carboxylic acids is 2. The molecule has 5 heteroatoms. The van der Waals surface area contributed by atoms with Gasteiger partial charge < -0.3 is 16.0 Å². The number of hydrogen-bond donors (Lipinski definition) is 2.